The summed E-state index contributed by atoms with van der Waals surface area (Å²) in [7, 11) is 1.73. The summed E-state index contributed by atoms with van der Waals surface area (Å²) < 4.78 is 5.20. The average Bonchev–Trinajstić information content (AvgIpc) is 3.26. The van der Waals surface area contributed by atoms with E-state index >= 15 is 0 Å². The highest BCUT2D eigenvalue weighted by Gasteiger charge is 2.34. The molecule has 5 heteroatoms. The molecule has 5 nitrogen and oxygen atoms in total. The summed E-state index contributed by atoms with van der Waals surface area (Å²) in [5, 5.41) is 12.5. The molecular formula is C16H32N2O3. The van der Waals surface area contributed by atoms with Crippen molar-refractivity contribution in [1.29, 1.82) is 0 Å². The Kier molecular flexibility index (Phi) is 7.63. The lowest BCUT2D eigenvalue weighted by Crippen LogP contribution is -2.50. The van der Waals surface area contributed by atoms with Crippen molar-refractivity contribution in [2.24, 2.45) is 5.92 Å². The number of carboxylic acid groups (broad SMARTS) is 1. The van der Waals surface area contributed by atoms with Crippen LogP contribution >= 0.6 is 0 Å². The number of carbonyl (C=O) groups is 1. The predicted octanol–water partition coefficient (Wildman–Crippen LogP) is 1.97. The Morgan fingerprint density at radius 1 is 1.48 bits per heavy atom. The smallest absolute Gasteiger partial charge is 0.323 e. The molecule has 0 aromatic rings. The second-order valence-electron chi connectivity index (χ2n) is 6.38. The quantitative estimate of drug-likeness (QED) is 0.577. The third-order valence-electron chi connectivity index (χ3n) is 4.62. The maximum absolute atomic E-state index is 11.4. The van der Waals surface area contributed by atoms with Gasteiger partial charge in [0.15, 0.2) is 0 Å². The largest absolute Gasteiger partial charge is 0.480 e. The molecule has 0 saturated heterocycles. The van der Waals surface area contributed by atoms with Crippen LogP contribution in [0.25, 0.3) is 0 Å². The molecule has 21 heavy (non-hydrogen) atoms. The van der Waals surface area contributed by atoms with Gasteiger partial charge in [0.2, 0.25) is 0 Å². The molecule has 0 heterocycles. The van der Waals surface area contributed by atoms with Gasteiger partial charge in [0.25, 0.3) is 0 Å². The van der Waals surface area contributed by atoms with Crippen molar-refractivity contribution in [1.82, 2.24) is 10.2 Å². The van der Waals surface area contributed by atoms with Crippen molar-refractivity contribution in [2.75, 3.05) is 33.4 Å². The Hall–Kier alpha value is -0.650. The van der Waals surface area contributed by atoms with Crippen LogP contribution in [-0.2, 0) is 9.53 Å². The van der Waals surface area contributed by atoms with Gasteiger partial charge in [-0.15, -0.1) is 0 Å². The number of hydrogen-bond donors (Lipinski definition) is 2. The number of rotatable bonds is 12. The van der Waals surface area contributed by atoms with Gasteiger partial charge in [-0.05, 0) is 58.5 Å². The van der Waals surface area contributed by atoms with E-state index in [1.54, 1.807) is 14.0 Å². The summed E-state index contributed by atoms with van der Waals surface area (Å²) in [6.07, 6.45) is 4.19. The Morgan fingerprint density at radius 2 is 2.14 bits per heavy atom. The summed E-state index contributed by atoms with van der Waals surface area (Å²) in [4.78, 5) is 13.9. The first kappa shape index (κ1) is 18.4. The lowest BCUT2D eigenvalue weighted by molar-refractivity contribution is -0.144. The number of aliphatic carboxylic acids is 1. The van der Waals surface area contributed by atoms with Crippen LogP contribution in [0, 0.1) is 5.92 Å². The van der Waals surface area contributed by atoms with Gasteiger partial charge in [-0.2, -0.15) is 0 Å². The van der Waals surface area contributed by atoms with Crippen molar-refractivity contribution >= 4 is 5.97 Å². The van der Waals surface area contributed by atoms with Crippen molar-refractivity contribution in [3.8, 4) is 0 Å². The first-order valence-corrected chi connectivity index (χ1v) is 8.16. The van der Waals surface area contributed by atoms with E-state index in [0.29, 0.717) is 19.0 Å². The molecule has 0 aromatic carbocycles. The zero-order chi connectivity index (χ0) is 15.9. The molecule has 0 amide bonds. The van der Waals surface area contributed by atoms with Gasteiger partial charge in [0.05, 0.1) is 6.61 Å². The molecule has 1 saturated carbocycles. The highest BCUT2D eigenvalue weighted by molar-refractivity contribution is 5.78. The van der Waals surface area contributed by atoms with E-state index in [1.165, 1.54) is 12.8 Å². The zero-order valence-corrected chi connectivity index (χ0v) is 14.0. The molecular weight excluding hydrogens is 268 g/mol. The van der Waals surface area contributed by atoms with E-state index in [0.717, 1.165) is 32.0 Å². The third kappa shape index (κ3) is 5.93. The average molecular weight is 300 g/mol. The Balaban J connectivity index is 2.45. The standard InChI is InChI=1S/C16H32N2O3/c1-5-17-16(3,15(19)20)9-6-10-18(11-12-21-4)13(2)14-7-8-14/h13-14,17H,5-12H2,1-4H3,(H,19,20). The van der Waals surface area contributed by atoms with Gasteiger partial charge in [0, 0.05) is 19.7 Å². The fourth-order valence-electron chi connectivity index (χ4n) is 2.90. The molecule has 2 unspecified atom stereocenters. The van der Waals surface area contributed by atoms with E-state index in [1.807, 2.05) is 6.92 Å². The number of carboxylic acids is 1. The maximum Gasteiger partial charge on any atom is 0.323 e. The van der Waals surface area contributed by atoms with Gasteiger partial charge < -0.3 is 15.2 Å². The normalized spacial score (nSPS) is 19.5. The van der Waals surface area contributed by atoms with Gasteiger partial charge >= 0.3 is 5.97 Å². The van der Waals surface area contributed by atoms with E-state index in [2.05, 4.69) is 17.1 Å². The van der Waals surface area contributed by atoms with E-state index in [4.69, 9.17) is 4.74 Å². The Bertz CT molecular complexity index is 321. The van der Waals surface area contributed by atoms with Gasteiger partial charge in [0.1, 0.15) is 5.54 Å². The van der Waals surface area contributed by atoms with E-state index in [9.17, 15) is 9.90 Å². The zero-order valence-electron chi connectivity index (χ0n) is 14.0. The number of hydrogen-bond acceptors (Lipinski definition) is 4. The van der Waals surface area contributed by atoms with Crippen molar-refractivity contribution < 1.29 is 14.6 Å². The molecule has 1 aliphatic rings. The summed E-state index contributed by atoms with van der Waals surface area (Å²) in [5.74, 6) is 0.0597. The van der Waals surface area contributed by atoms with E-state index in [-0.39, 0.29) is 0 Å². The Morgan fingerprint density at radius 3 is 2.62 bits per heavy atom. The molecule has 0 aromatic heterocycles. The molecule has 0 bridgehead atoms. The SMILES string of the molecule is CCNC(C)(CCCN(CCOC)C(C)C1CC1)C(=O)O. The van der Waals surface area contributed by atoms with Crippen LogP contribution in [0.2, 0.25) is 0 Å². The van der Waals surface area contributed by atoms with Crippen LogP contribution in [0.1, 0.15) is 46.5 Å². The minimum absolute atomic E-state index is 0.579. The number of ether oxygens (including phenoxy) is 1. The highest BCUT2D eigenvalue weighted by atomic mass is 16.5. The van der Waals surface area contributed by atoms with Crippen LogP contribution in [0.5, 0.6) is 0 Å². The van der Waals surface area contributed by atoms with Crippen LogP contribution in [0.3, 0.4) is 0 Å². The molecule has 0 radical (unpaired) electrons. The molecule has 0 spiro atoms. The third-order valence-corrected chi connectivity index (χ3v) is 4.62. The summed E-state index contributed by atoms with van der Waals surface area (Å²) >= 11 is 0. The summed E-state index contributed by atoms with van der Waals surface area (Å²) in [6.45, 7) is 9.29. The molecule has 0 aliphatic heterocycles. The van der Waals surface area contributed by atoms with Crippen LogP contribution in [0.4, 0.5) is 0 Å². The number of likely N-dealkylation sites (N-methyl/N-ethyl adjacent to an activating group) is 1. The minimum Gasteiger partial charge on any atom is -0.480 e. The van der Waals surface area contributed by atoms with Crippen molar-refractivity contribution in [3.63, 3.8) is 0 Å². The predicted molar refractivity (Wildman–Crippen MR) is 84.6 cm³/mol. The first-order valence-electron chi connectivity index (χ1n) is 8.16. The van der Waals surface area contributed by atoms with Crippen molar-refractivity contribution in [3.05, 3.63) is 0 Å². The first-order chi connectivity index (χ1) is 9.94. The Labute approximate surface area is 129 Å². The van der Waals surface area contributed by atoms with Crippen LogP contribution in [-0.4, -0.2) is 60.9 Å². The highest BCUT2D eigenvalue weighted by Crippen LogP contribution is 2.35. The summed E-state index contributed by atoms with van der Waals surface area (Å²) in [5.41, 5.74) is -0.815. The number of nitrogens with one attached hydrogen (secondary N) is 1. The fourth-order valence-corrected chi connectivity index (χ4v) is 2.90. The summed E-state index contributed by atoms with van der Waals surface area (Å²) in [6, 6.07) is 0.579. The molecule has 124 valence electrons. The molecule has 2 atom stereocenters. The van der Waals surface area contributed by atoms with Crippen molar-refractivity contribution in [2.45, 2.75) is 58.0 Å². The molecule has 1 aliphatic carbocycles. The lowest BCUT2D eigenvalue weighted by Gasteiger charge is -2.31. The minimum atomic E-state index is -0.815. The molecule has 1 rings (SSSR count). The van der Waals surface area contributed by atoms with Gasteiger partial charge in [-0.3, -0.25) is 9.69 Å². The van der Waals surface area contributed by atoms with Gasteiger partial charge in [-0.25, -0.2) is 0 Å². The topological polar surface area (TPSA) is 61.8 Å². The second kappa shape index (κ2) is 8.71. The number of nitrogens with zero attached hydrogens (tertiary/aromatic N) is 1. The van der Waals surface area contributed by atoms with Gasteiger partial charge in [-0.1, -0.05) is 6.92 Å². The molecule has 1 fully saturated rings. The van der Waals surface area contributed by atoms with Crippen LogP contribution < -0.4 is 5.32 Å². The van der Waals surface area contributed by atoms with E-state index < -0.39 is 11.5 Å². The fraction of sp³-hybridized carbons (Fsp3) is 0.938. The lowest BCUT2D eigenvalue weighted by atomic mass is 9.95. The monoisotopic (exact) mass is 300 g/mol. The van der Waals surface area contributed by atoms with Crippen LogP contribution in [0.15, 0.2) is 0 Å². The maximum atomic E-state index is 11.4. The molecule has 2 N–H and O–H groups in total. The second-order valence-corrected chi connectivity index (χ2v) is 6.38. The number of methoxy groups -OCH3 is 1.